The zero-order valence-electron chi connectivity index (χ0n) is 7.06. The molecule has 0 aliphatic rings. The molecule has 0 saturated carbocycles. The van der Waals surface area contributed by atoms with Gasteiger partial charge in [0.2, 0.25) is 0 Å². The van der Waals surface area contributed by atoms with Crippen LogP contribution in [0.1, 0.15) is 11.1 Å². The van der Waals surface area contributed by atoms with Gasteiger partial charge in [0.15, 0.2) is 0 Å². The summed E-state index contributed by atoms with van der Waals surface area (Å²) in [5, 5.41) is 9.21. The molecule has 0 bridgehead atoms. The molecule has 0 spiro atoms. The molecule has 5 heteroatoms. The normalized spacial score (nSPS) is 8.46. The van der Waals surface area contributed by atoms with E-state index >= 15 is 0 Å². The molecule has 0 fully saturated rings. The van der Waals surface area contributed by atoms with E-state index in [0.29, 0.717) is 13.1 Å². The van der Waals surface area contributed by atoms with Gasteiger partial charge in [-0.15, -0.1) is 24.8 Å². The number of nitrogens with two attached hydrogens (primary N) is 2. The van der Waals surface area contributed by atoms with Crippen molar-refractivity contribution in [2.45, 2.75) is 13.1 Å². The predicted molar refractivity (Wildman–Crippen MR) is 58.4 cm³/mol. The van der Waals surface area contributed by atoms with Gasteiger partial charge in [-0.25, -0.2) is 0 Å². The van der Waals surface area contributed by atoms with Crippen LogP contribution in [0.4, 0.5) is 0 Å². The Labute approximate surface area is 89.9 Å². The van der Waals surface area contributed by atoms with Gasteiger partial charge in [-0.2, -0.15) is 0 Å². The van der Waals surface area contributed by atoms with Gasteiger partial charge >= 0.3 is 0 Å². The minimum atomic E-state index is 0. The zero-order valence-corrected chi connectivity index (χ0v) is 8.70. The molecule has 0 aliphatic heterocycles. The second-order valence-electron chi connectivity index (χ2n) is 2.37. The van der Waals surface area contributed by atoms with Crippen molar-refractivity contribution in [2.75, 3.05) is 0 Å². The predicted octanol–water partition coefficient (Wildman–Crippen LogP) is 1.15. The van der Waals surface area contributed by atoms with E-state index in [4.69, 9.17) is 11.5 Å². The molecule has 1 rings (SSSR count). The van der Waals surface area contributed by atoms with Crippen LogP contribution in [0.15, 0.2) is 18.2 Å². The van der Waals surface area contributed by atoms with Crippen molar-refractivity contribution in [1.29, 1.82) is 0 Å². The molecule has 1 aromatic carbocycles. The third-order valence-electron chi connectivity index (χ3n) is 1.60. The van der Waals surface area contributed by atoms with E-state index in [1.807, 2.05) is 6.07 Å². The molecule has 76 valence electrons. The Morgan fingerprint density at radius 3 is 2.15 bits per heavy atom. The van der Waals surface area contributed by atoms with Crippen LogP contribution in [-0.2, 0) is 13.1 Å². The molecule has 0 saturated heterocycles. The summed E-state index contributed by atoms with van der Waals surface area (Å²) >= 11 is 0. The van der Waals surface area contributed by atoms with Gasteiger partial charge in [-0.05, 0) is 17.7 Å². The van der Waals surface area contributed by atoms with E-state index in [1.165, 1.54) is 0 Å². The maximum absolute atomic E-state index is 9.21. The minimum Gasteiger partial charge on any atom is -0.508 e. The summed E-state index contributed by atoms with van der Waals surface area (Å²) in [6.45, 7) is 0.826. The first-order chi connectivity index (χ1) is 5.27. The van der Waals surface area contributed by atoms with Crippen LogP contribution < -0.4 is 11.5 Å². The van der Waals surface area contributed by atoms with E-state index in [9.17, 15) is 5.11 Å². The van der Waals surface area contributed by atoms with Crippen molar-refractivity contribution in [1.82, 2.24) is 0 Å². The highest BCUT2D eigenvalue weighted by atomic mass is 35.5. The second-order valence-corrected chi connectivity index (χ2v) is 2.37. The number of hydrogen-bond donors (Lipinski definition) is 3. The van der Waals surface area contributed by atoms with E-state index in [2.05, 4.69) is 0 Å². The molecule has 5 N–H and O–H groups in total. The monoisotopic (exact) mass is 224 g/mol. The Kier molecular flexibility index (Phi) is 8.05. The molecular weight excluding hydrogens is 211 g/mol. The van der Waals surface area contributed by atoms with Crippen molar-refractivity contribution in [3.05, 3.63) is 29.3 Å². The average Bonchev–Trinajstić information content (AvgIpc) is 2.05. The zero-order chi connectivity index (χ0) is 8.27. The number of hydrogen-bond acceptors (Lipinski definition) is 3. The molecule has 0 aromatic heterocycles. The quantitative estimate of drug-likeness (QED) is 0.706. The molecule has 13 heavy (non-hydrogen) atoms. The summed E-state index contributed by atoms with van der Waals surface area (Å²) in [6.07, 6.45) is 0. The lowest BCUT2D eigenvalue weighted by atomic mass is 10.1. The second kappa shape index (κ2) is 6.97. The summed E-state index contributed by atoms with van der Waals surface area (Å²) in [5.41, 5.74) is 12.5. The molecule has 0 atom stereocenters. The lowest BCUT2D eigenvalue weighted by molar-refractivity contribution is 0.468. The third kappa shape index (κ3) is 3.83. The van der Waals surface area contributed by atoms with Crippen LogP contribution in [0.25, 0.3) is 0 Å². The first kappa shape index (κ1) is 15.0. The number of halogens is 2. The van der Waals surface area contributed by atoms with Crippen LogP contribution in [-0.4, -0.2) is 5.11 Å². The fraction of sp³-hybridized carbons (Fsp3) is 0.250. The van der Waals surface area contributed by atoms with Crippen molar-refractivity contribution >= 4 is 24.8 Å². The van der Waals surface area contributed by atoms with Gasteiger partial charge in [0.25, 0.3) is 0 Å². The summed E-state index contributed by atoms with van der Waals surface area (Å²) in [4.78, 5) is 0. The Morgan fingerprint density at radius 1 is 1.08 bits per heavy atom. The van der Waals surface area contributed by atoms with Gasteiger partial charge in [0.05, 0.1) is 0 Å². The van der Waals surface area contributed by atoms with E-state index < -0.39 is 0 Å². The van der Waals surface area contributed by atoms with Crippen LogP contribution in [0.2, 0.25) is 0 Å². The lowest BCUT2D eigenvalue weighted by Crippen LogP contribution is -2.00. The fourth-order valence-corrected chi connectivity index (χ4v) is 0.929. The number of phenolic OH excluding ortho intramolecular Hbond substituents is 1. The van der Waals surface area contributed by atoms with Gasteiger partial charge in [0, 0.05) is 18.7 Å². The summed E-state index contributed by atoms with van der Waals surface area (Å²) in [6, 6.07) is 5.22. The van der Waals surface area contributed by atoms with Crippen LogP contribution in [0.5, 0.6) is 5.75 Å². The maximum Gasteiger partial charge on any atom is 0.120 e. The Morgan fingerprint density at radius 2 is 1.69 bits per heavy atom. The summed E-state index contributed by atoms with van der Waals surface area (Å²) in [5.74, 6) is 0.240. The van der Waals surface area contributed by atoms with Gasteiger partial charge in [-0.3, -0.25) is 0 Å². The molecule has 0 aliphatic carbocycles. The van der Waals surface area contributed by atoms with Crippen LogP contribution in [0, 0.1) is 0 Å². The Hall–Kier alpha value is -0.480. The summed E-state index contributed by atoms with van der Waals surface area (Å²) in [7, 11) is 0. The van der Waals surface area contributed by atoms with Crippen molar-refractivity contribution < 1.29 is 5.11 Å². The smallest absolute Gasteiger partial charge is 0.120 e. The van der Waals surface area contributed by atoms with Crippen molar-refractivity contribution in [2.24, 2.45) is 11.5 Å². The number of aromatic hydroxyl groups is 1. The van der Waals surface area contributed by atoms with Gasteiger partial charge < -0.3 is 16.6 Å². The van der Waals surface area contributed by atoms with Crippen molar-refractivity contribution in [3.63, 3.8) is 0 Å². The molecule has 0 unspecified atom stereocenters. The SMILES string of the molecule is Cl.Cl.NCc1ccc(O)c(CN)c1. The fourth-order valence-electron chi connectivity index (χ4n) is 0.929. The highest BCUT2D eigenvalue weighted by Crippen LogP contribution is 2.17. The number of rotatable bonds is 2. The maximum atomic E-state index is 9.21. The molecular formula is C8H14Cl2N2O. The van der Waals surface area contributed by atoms with Gasteiger partial charge in [0.1, 0.15) is 5.75 Å². The largest absolute Gasteiger partial charge is 0.508 e. The Balaban J connectivity index is 0. The van der Waals surface area contributed by atoms with E-state index in [0.717, 1.165) is 11.1 Å². The molecule has 1 aromatic rings. The lowest BCUT2D eigenvalue weighted by Gasteiger charge is -2.02. The molecule has 3 nitrogen and oxygen atoms in total. The molecule has 0 heterocycles. The summed E-state index contributed by atoms with van der Waals surface area (Å²) < 4.78 is 0. The minimum absolute atomic E-state index is 0. The first-order valence-corrected chi connectivity index (χ1v) is 3.49. The molecule has 0 radical (unpaired) electrons. The third-order valence-corrected chi connectivity index (χ3v) is 1.60. The van der Waals surface area contributed by atoms with Crippen molar-refractivity contribution in [3.8, 4) is 5.75 Å². The number of benzene rings is 1. The number of phenols is 1. The van der Waals surface area contributed by atoms with Gasteiger partial charge in [-0.1, -0.05) is 6.07 Å². The van der Waals surface area contributed by atoms with E-state index in [-0.39, 0.29) is 30.6 Å². The highest BCUT2D eigenvalue weighted by molar-refractivity contribution is 5.85. The van der Waals surface area contributed by atoms with E-state index in [1.54, 1.807) is 12.1 Å². The topological polar surface area (TPSA) is 72.3 Å². The Bertz CT molecular complexity index is 256. The average molecular weight is 225 g/mol. The first-order valence-electron chi connectivity index (χ1n) is 3.49. The van der Waals surface area contributed by atoms with Crippen LogP contribution >= 0.6 is 24.8 Å². The van der Waals surface area contributed by atoms with Crippen LogP contribution in [0.3, 0.4) is 0 Å². The standard InChI is InChI=1S/C8H12N2O.2ClH/c9-4-6-1-2-8(11)7(3-6)5-10;;/h1-3,11H,4-5,9-10H2;2*1H. The highest BCUT2D eigenvalue weighted by Gasteiger charge is 1.98. The molecule has 0 amide bonds.